The largest absolute Gasteiger partial charge is 0.496 e. The Morgan fingerprint density at radius 1 is 1.29 bits per heavy atom. The lowest BCUT2D eigenvalue weighted by Crippen LogP contribution is -2.14. The van der Waals surface area contributed by atoms with Crippen LogP contribution in [0.15, 0.2) is 18.2 Å². The second kappa shape index (κ2) is 6.65. The van der Waals surface area contributed by atoms with Crippen molar-refractivity contribution >= 4 is 0 Å². The number of benzene rings is 1. The van der Waals surface area contributed by atoms with Gasteiger partial charge in [-0.05, 0) is 48.4 Å². The van der Waals surface area contributed by atoms with E-state index in [-0.39, 0.29) is 0 Å². The highest BCUT2D eigenvalue weighted by atomic mass is 16.5. The van der Waals surface area contributed by atoms with Gasteiger partial charge in [0.1, 0.15) is 5.75 Å². The van der Waals surface area contributed by atoms with Gasteiger partial charge in [0.05, 0.1) is 7.11 Å². The van der Waals surface area contributed by atoms with Crippen molar-refractivity contribution in [1.29, 1.82) is 0 Å². The van der Waals surface area contributed by atoms with Crippen LogP contribution in [-0.4, -0.2) is 13.7 Å². The molecule has 0 radical (unpaired) electrons. The highest BCUT2D eigenvalue weighted by Gasteiger charge is 2.19. The predicted molar refractivity (Wildman–Crippen MR) is 73.6 cm³/mol. The van der Waals surface area contributed by atoms with Gasteiger partial charge in [-0.15, -0.1) is 0 Å². The molecule has 1 unspecified atom stereocenters. The van der Waals surface area contributed by atoms with Crippen LogP contribution in [0.3, 0.4) is 0 Å². The zero-order chi connectivity index (χ0) is 12.8. The first-order valence-electron chi connectivity index (χ1n) is 6.50. The van der Waals surface area contributed by atoms with E-state index in [4.69, 9.17) is 10.5 Å². The molecule has 0 aliphatic rings. The fraction of sp³-hybridized carbons (Fsp3) is 0.600. The van der Waals surface area contributed by atoms with E-state index in [2.05, 4.69) is 39.0 Å². The molecule has 17 heavy (non-hydrogen) atoms. The summed E-state index contributed by atoms with van der Waals surface area (Å²) in [6.07, 6.45) is 2.08. The molecular weight excluding hydrogens is 210 g/mol. The van der Waals surface area contributed by atoms with Crippen LogP contribution in [0.4, 0.5) is 0 Å². The zero-order valence-corrected chi connectivity index (χ0v) is 11.5. The van der Waals surface area contributed by atoms with Crippen LogP contribution in [0.25, 0.3) is 0 Å². The number of methoxy groups -OCH3 is 1. The molecule has 96 valence electrons. The molecule has 2 heteroatoms. The quantitative estimate of drug-likeness (QED) is 0.820. The van der Waals surface area contributed by atoms with Crippen molar-refractivity contribution in [2.45, 2.75) is 39.5 Å². The Hall–Kier alpha value is -1.02. The maximum atomic E-state index is 5.73. The lowest BCUT2D eigenvalue weighted by molar-refractivity contribution is 0.390. The molecule has 1 rings (SSSR count). The number of aryl methyl sites for hydroxylation is 1. The monoisotopic (exact) mass is 235 g/mol. The van der Waals surface area contributed by atoms with Crippen molar-refractivity contribution in [1.82, 2.24) is 0 Å². The first-order chi connectivity index (χ1) is 8.13. The summed E-state index contributed by atoms with van der Waals surface area (Å²) < 4.78 is 5.48. The Balaban J connectivity index is 3.13. The van der Waals surface area contributed by atoms with E-state index in [9.17, 15) is 0 Å². The molecule has 0 saturated heterocycles. The normalized spacial score (nSPS) is 12.8. The molecule has 0 saturated carbocycles. The summed E-state index contributed by atoms with van der Waals surface area (Å²) >= 11 is 0. The summed E-state index contributed by atoms with van der Waals surface area (Å²) in [7, 11) is 1.74. The first kappa shape index (κ1) is 14.0. The van der Waals surface area contributed by atoms with E-state index in [1.807, 2.05) is 0 Å². The average Bonchev–Trinajstić information content (AvgIpc) is 2.34. The summed E-state index contributed by atoms with van der Waals surface area (Å²) in [6.45, 7) is 7.40. The van der Waals surface area contributed by atoms with Crippen molar-refractivity contribution in [3.05, 3.63) is 29.3 Å². The van der Waals surface area contributed by atoms with Gasteiger partial charge in [0.15, 0.2) is 0 Å². The lowest BCUT2D eigenvalue weighted by Gasteiger charge is -2.23. The molecule has 1 aromatic carbocycles. The average molecular weight is 235 g/mol. The maximum Gasteiger partial charge on any atom is 0.122 e. The third-order valence-corrected chi connectivity index (χ3v) is 3.38. The molecule has 2 nitrogen and oxygen atoms in total. The maximum absolute atomic E-state index is 5.73. The molecule has 0 fully saturated rings. The van der Waals surface area contributed by atoms with E-state index in [0.717, 1.165) is 25.1 Å². The molecule has 2 N–H and O–H groups in total. The van der Waals surface area contributed by atoms with E-state index in [1.165, 1.54) is 11.1 Å². The number of rotatable bonds is 6. The number of ether oxygens (including phenoxy) is 1. The lowest BCUT2D eigenvalue weighted by atomic mass is 9.84. The molecule has 1 atom stereocenters. The van der Waals surface area contributed by atoms with Gasteiger partial charge in [0.2, 0.25) is 0 Å². The summed E-state index contributed by atoms with van der Waals surface area (Å²) in [4.78, 5) is 0. The standard InChI is InChI=1S/C15H25NO/c1-5-12-6-7-15(17-4)14(10-12)13(8-9-16)11(2)3/h6-7,10-11,13H,5,8-9,16H2,1-4H3. The minimum Gasteiger partial charge on any atom is -0.496 e. The van der Waals surface area contributed by atoms with E-state index >= 15 is 0 Å². The minimum atomic E-state index is 0.487. The van der Waals surface area contributed by atoms with Crippen LogP contribution in [0.1, 0.15) is 44.2 Å². The third-order valence-electron chi connectivity index (χ3n) is 3.38. The Morgan fingerprint density at radius 2 is 2.00 bits per heavy atom. The fourth-order valence-electron chi connectivity index (χ4n) is 2.32. The van der Waals surface area contributed by atoms with Crippen LogP contribution in [0.2, 0.25) is 0 Å². The Morgan fingerprint density at radius 3 is 2.47 bits per heavy atom. The molecule has 0 aliphatic heterocycles. The molecule has 0 aromatic heterocycles. The smallest absolute Gasteiger partial charge is 0.122 e. The molecule has 1 aromatic rings. The van der Waals surface area contributed by atoms with Gasteiger partial charge in [0.25, 0.3) is 0 Å². The predicted octanol–water partition coefficient (Wildman–Crippen LogP) is 3.35. The van der Waals surface area contributed by atoms with Crippen molar-refractivity contribution < 1.29 is 4.74 Å². The Kier molecular flexibility index (Phi) is 5.49. The fourth-order valence-corrected chi connectivity index (χ4v) is 2.32. The van der Waals surface area contributed by atoms with E-state index in [0.29, 0.717) is 11.8 Å². The topological polar surface area (TPSA) is 35.2 Å². The number of nitrogens with two attached hydrogens (primary N) is 1. The van der Waals surface area contributed by atoms with Crippen molar-refractivity contribution in [2.75, 3.05) is 13.7 Å². The van der Waals surface area contributed by atoms with Crippen molar-refractivity contribution in [2.24, 2.45) is 11.7 Å². The summed E-state index contributed by atoms with van der Waals surface area (Å²) in [5, 5.41) is 0. The van der Waals surface area contributed by atoms with Crippen LogP contribution < -0.4 is 10.5 Å². The Bertz CT molecular complexity index is 347. The second-order valence-corrected chi connectivity index (χ2v) is 4.86. The van der Waals surface area contributed by atoms with Crippen LogP contribution in [-0.2, 0) is 6.42 Å². The van der Waals surface area contributed by atoms with Gasteiger partial charge < -0.3 is 10.5 Å². The van der Waals surface area contributed by atoms with Gasteiger partial charge >= 0.3 is 0 Å². The molecule has 0 amide bonds. The van der Waals surface area contributed by atoms with Gasteiger partial charge in [-0.1, -0.05) is 32.9 Å². The van der Waals surface area contributed by atoms with Gasteiger partial charge in [-0.25, -0.2) is 0 Å². The molecule has 0 bridgehead atoms. The summed E-state index contributed by atoms with van der Waals surface area (Å²) in [5.41, 5.74) is 8.40. The van der Waals surface area contributed by atoms with Crippen molar-refractivity contribution in [3.8, 4) is 5.75 Å². The third kappa shape index (κ3) is 3.47. The number of hydrogen-bond donors (Lipinski definition) is 1. The van der Waals surface area contributed by atoms with Gasteiger partial charge in [0, 0.05) is 0 Å². The summed E-state index contributed by atoms with van der Waals surface area (Å²) in [6, 6.07) is 6.50. The Labute approximate surface area is 105 Å². The first-order valence-corrected chi connectivity index (χ1v) is 6.50. The van der Waals surface area contributed by atoms with Gasteiger partial charge in [-0.2, -0.15) is 0 Å². The molecule has 0 heterocycles. The van der Waals surface area contributed by atoms with Crippen molar-refractivity contribution in [3.63, 3.8) is 0 Å². The molecule has 0 spiro atoms. The SMILES string of the molecule is CCc1ccc(OC)c(C(CCN)C(C)C)c1. The van der Waals surface area contributed by atoms with Crippen LogP contribution in [0.5, 0.6) is 5.75 Å². The second-order valence-electron chi connectivity index (χ2n) is 4.86. The molecule has 0 aliphatic carbocycles. The summed E-state index contributed by atoms with van der Waals surface area (Å²) in [5.74, 6) is 2.07. The number of hydrogen-bond acceptors (Lipinski definition) is 2. The minimum absolute atomic E-state index is 0.487. The van der Waals surface area contributed by atoms with Gasteiger partial charge in [-0.3, -0.25) is 0 Å². The van der Waals surface area contributed by atoms with Crippen LogP contribution >= 0.6 is 0 Å². The highest BCUT2D eigenvalue weighted by molar-refractivity contribution is 5.40. The van der Waals surface area contributed by atoms with E-state index in [1.54, 1.807) is 7.11 Å². The molecular formula is C15H25NO. The highest BCUT2D eigenvalue weighted by Crippen LogP contribution is 2.34. The zero-order valence-electron chi connectivity index (χ0n) is 11.5. The van der Waals surface area contributed by atoms with Crippen LogP contribution in [0, 0.1) is 5.92 Å². The van der Waals surface area contributed by atoms with E-state index < -0.39 is 0 Å².